The van der Waals surface area contributed by atoms with E-state index in [0.717, 1.165) is 19.4 Å². The van der Waals surface area contributed by atoms with Crippen LogP contribution in [-0.4, -0.2) is 33.1 Å². The molecular weight excluding hydrogens is 238 g/mol. The Balaban J connectivity index is 1.99. The SMILES string of the molecule is Cc1ccnn1CCC1CCCC1(CO)NC(C)C. The third kappa shape index (κ3) is 3.18. The van der Waals surface area contributed by atoms with E-state index in [1.54, 1.807) is 0 Å². The summed E-state index contributed by atoms with van der Waals surface area (Å²) in [6.07, 6.45) is 6.45. The van der Waals surface area contributed by atoms with Crippen molar-refractivity contribution < 1.29 is 5.11 Å². The lowest BCUT2D eigenvalue weighted by Crippen LogP contribution is -2.54. The van der Waals surface area contributed by atoms with Gasteiger partial charge in [0.2, 0.25) is 0 Å². The van der Waals surface area contributed by atoms with E-state index in [1.165, 1.54) is 18.5 Å². The lowest BCUT2D eigenvalue weighted by Gasteiger charge is -2.37. The van der Waals surface area contributed by atoms with Gasteiger partial charge in [0.05, 0.1) is 6.61 Å². The fourth-order valence-electron chi connectivity index (χ4n) is 3.49. The molecular formula is C15H27N3O. The lowest BCUT2D eigenvalue weighted by atomic mass is 9.84. The van der Waals surface area contributed by atoms with Crippen molar-refractivity contribution in [3.63, 3.8) is 0 Å². The van der Waals surface area contributed by atoms with Crippen molar-refractivity contribution in [1.82, 2.24) is 15.1 Å². The first kappa shape index (κ1) is 14.5. The highest BCUT2D eigenvalue weighted by Crippen LogP contribution is 2.38. The summed E-state index contributed by atoms with van der Waals surface area (Å²) in [5.74, 6) is 0.545. The Bertz CT molecular complexity index is 402. The molecule has 0 spiro atoms. The Morgan fingerprint density at radius 1 is 1.58 bits per heavy atom. The van der Waals surface area contributed by atoms with E-state index in [0.29, 0.717) is 12.0 Å². The smallest absolute Gasteiger partial charge is 0.0616 e. The van der Waals surface area contributed by atoms with Gasteiger partial charge in [0.25, 0.3) is 0 Å². The zero-order valence-electron chi connectivity index (χ0n) is 12.4. The van der Waals surface area contributed by atoms with Crippen molar-refractivity contribution in [1.29, 1.82) is 0 Å². The molecule has 0 bridgehead atoms. The molecule has 0 amide bonds. The monoisotopic (exact) mass is 265 g/mol. The van der Waals surface area contributed by atoms with Crippen LogP contribution in [0.15, 0.2) is 12.3 Å². The highest BCUT2D eigenvalue weighted by atomic mass is 16.3. The van der Waals surface area contributed by atoms with E-state index in [-0.39, 0.29) is 12.1 Å². The predicted molar refractivity (Wildman–Crippen MR) is 77.0 cm³/mol. The fraction of sp³-hybridized carbons (Fsp3) is 0.800. The molecule has 1 fully saturated rings. The fourth-order valence-corrected chi connectivity index (χ4v) is 3.49. The maximum absolute atomic E-state index is 9.86. The van der Waals surface area contributed by atoms with Crippen molar-refractivity contribution in [2.45, 2.75) is 64.6 Å². The van der Waals surface area contributed by atoms with Crippen LogP contribution in [0.3, 0.4) is 0 Å². The largest absolute Gasteiger partial charge is 0.394 e. The highest BCUT2D eigenvalue weighted by Gasteiger charge is 2.42. The van der Waals surface area contributed by atoms with Crippen LogP contribution in [0.5, 0.6) is 0 Å². The van der Waals surface area contributed by atoms with Gasteiger partial charge in [0.1, 0.15) is 0 Å². The van der Waals surface area contributed by atoms with Gasteiger partial charge in [-0.2, -0.15) is 5.10 Å². The van der Waals surface area contributed by atoms with Gasteiger partial charge in [0, 0.05) is 30.0 Å². The number of rotatable bonds is 6. The first-order chi connectivity index (χ1) is 9.07. The molecule has 1 saturated carbocycles. The van der Waals surface area contributed by atoms with Crippen LogP contribution in [0.4, 0.5) is 0 Å². The van der Waals surface area contributed by atoms with E-state index < -0.39 is 0 Å². The summed E-state index contributed by atoms with van der Waals surface area (Å²) in [4.78, 5) is 0. The van der Waals surface area contributed by atoms with Crippen LogP contribution in [0, 0.1) is 12.8 Å². The summed E-state index contributed by atoms with van der Waals surface area (Å²) >= 11 is 0. The van der Waals surface area contributed by atoms with Crippen LogP contribution >= 0.6 is 0 Å². The molecule has 4 nitrogen and oxygen atoms in total. The van der Waals surface area contributed by atoms with E-state index >= 15 is 0 Å². The number of aryl methyl sites for hydroxylation is 2. The Morgan fingerprint density at radius 2 is 2.37 bits per heavy atom. The minimum absolute atomic E-state index is 0.0742. The number of aromatic nitrogens is 2. The second-order valence-electron chi connectivity index (χ2n) is 6.19. The Hall–Kier alpha value is -0.870. The zero-order chi connectivity index (χ0) is 13.9. The minimum Gasteiger partial charge on any atom is -0.394 e. The summed E-state index contributed by atoms with van der Waals surface area (Å²) in [5, 5.41) is 17.8. The first-order valence-corrected chi connectivity index (χ1v) is 7.44. The third-order valence-corrected chi connectivity index (χ3v) is 4.43. The van der Waals surface area contributed by atoms with Gasteiger partial charge < -0.3 is 10.4 Å². The molecule has 2 atom stereocenters. The van der Waals surface area contributed by atoms with Crippen LogP contribution in [0.1, 0.15) is 45.2 Å². The molecule has 1 aromatic heterocycles. The lowest BCUT2D eigenvalue weighted by molar-refractivity contribution is 0.108. The number of nitrogens with one attached hydrogen (secondary N) is 1. The van der Waals surface area contributed by atoms with Crippen molar-refractivity contribution in [3.8, 4) is 0 Å². The molecule has 4 heteroatoms. The molecule has 1 aromatic rings. The summed E-state index contributed by atoms with van der Waals surface area (Å²) in [6, 6.07) is 2.46. The van der Waals surface area contributed by atoms with Crippen molar-refractivity contribution in [2.75, 3.05) is 6.61 Å². The summed E-state index contributed by atoms with van der Waals surface area (Å²) in [6.45, 7) is 7.60. The summed E-state index contributed by atoms with van der Waals surface area (Å²) in [5.41, 5.74) is 1.14. The van der Waals surface area contributed by atoms with Gasteiger partial charge in [-0.3, -0.25) is 4.68 Å². The molecule has 0 radical (unpaired) electrons. The quantitative estimate of drug-likeness (QED) is 0.828. The van der Waals surface area contributed by atoms with Crippen LogP contribution < -0.4 is 5.32 Å². The van der Waals surface area contributed by atoms with Gasteiger partial charge in [-0.05, 0) is 38.2 Å². The number of hydrogen-bond acceptors (Lipinski definition) is 3. The standard InChI is InChI=1S/C15H27N3O/c1-12(2)17-15(11-19)8-4-5-14(15)7-10-18-13(3)6-9-16-18/h6,9,12,14,17,19H,4-5,7-8,10-11H2,1-3H3. The van der Waals surface area contributed by atoms with E-state index in [9.17, 15) is 5.11 Å². The molecule has 1 heterocycles. The summed E-state index contributed by atoms with van der Waals surface area (Å²) in [7, 11) is 0. The van der Waals surface area contributed by atoms with Crippen molar-refractivity contribution in [2.24, 2.45) is 5.92 Å². The average Bonchev–Trinajstić information content (AvgIpc) is 2.93. The van der Waals surface area contributed by atoms with E-state index in [2.05, 4.69) is 35.9 Å². The Morgan fingerprint density at radius 3 is 2.95 bits per heavy atom. The van der Waals surface area contributed by atoms with Gasteiger partial charge >= 0.3 is 0 Å². The number of aliphatic hydroxyl groups is 1. The number of aliphatic hydroxyl groups excluding tert-OH is 1. The molecule has 0 aliphatic heterocycles. The molecule has 2 unspecified atom stereocenters. The van der Waals surface area contributed by atoms with Crippen LogP contribution in [0.25, 0.3) is 0 Å². The van der Waals surface area contributed by atoms with Gasteiger partial charge in [-0.1, -0.05) is 20.3 Å². The summed E-state index contributed by atoms with van der Waals surface area (Å²) < 4.78 is 2.07. The maximum atomic E-state index is 9.86. The van der Waals surface area contributed by atoms with Crippen LogP contribution in [0.2, 0.25) is 0 Å². The normalized spacial score (nSPS) is 27.3. The molecule has 0 saturated heterocycles. The maximum Gasteiger partial charge on any atom is 0.0616 e. The molecule has 0 aromatic carbocycles. The van der Waals surface area contributed by atoms with Gasteiger partial charge in [-0.15, -0.1) is 0 Å². The highest BCUT2D eigenvalue weighted by molar-refractivity contribution is 5.01. The second kappa shape index (κ2) is 6.06. The molecule has 1 aliphatic carbocycles. The zero-order valence-corrected chi connectivity index (χ0v) is 12.4. The van der Waals surface area contributed by atoms with Crippen molar-refractivity contribution in [3.05, 3.63) is 18.0 Å². The minimum atomic E-state index is -0.0742. The Kier molecular flexibility index (Phi) is 4.63. The Labute approximate surface area is 116 Å². The number of nitrogens with zero attached hydrogens (tertiary/aromatic N) is 2. The molecule has 1 aliphatic rings. The van der Waals surface area contributed by atoms with Gasteiger partial charge in [-0.25, -0.2) is 0 Å². The van der Waals surface area contributed by atoms with Gasteiger partial charge in [0.15, 0.2) is 0 Å². The molecule has 19 heavy (non-hydrogen) atoms. The van der Waals surface area contributed by atoms with Crippen LogP contribution in [-0.2, 0) is 6.54 Å². The average molecular weight is 265 g/mol. The topological polar surface area (TPSA) is 50.1 Å². The third-order valence-electron chi connectivity index (χ3n) is 4.43. The molecule has 2 N–H and O–H groups in total. The number of hydrogen-bond donors (Lipinski definition) is 2. The first-order valence-electron chi connectivity index (χ1n) is 7.44. The van der Waals surface area contributed by atoms with E-state index in [4.69, 9.17) is 0 Å². The van der Waals surface area contributed by atoms with Crippen molar-refractivity contribution >= 4 is 0 Å². The molecule has 108 valence electrons. The predicted octanol–water partition coefficient (Wildman–Crippen LogP) is 2.11. The molecule has 2 rings (SSSR count). The van der Waals surface area contributed by atoms with E-state index in [1.807, 2.05) is 12.3 Å². The second-order valence-corrected chi connectivity index (χ2v) is 6.19.